The summed E-state index contributed by atoms with van der Waals surface area (Å²) in [5, 5.41) is 50.3. The van der Waals surface area contributed by atoms with Gasteiger partial charge in [0.15, 0.2) is 15.4 Å². The van der Waals surface area contributed by atoms with Crippen molar-refractivity contribution in [3.63, 3.8) is 0 Å². The molecule has 3 aliphatic rings. The number of methoxy groups -OCH3 is 1. The monoisotopic (exact) mass is 2080 g/mol. The molecule has 1 N–H and O–H groups in total. The predicted molar refractivity (Wildman–Crippen MR) is 608 cm³/mol. The molecule has 9 rings (SSSR count). The summed E-state index contributed by atoms with van der Waals surface area (Å²) in [6, 6.07) is 20.3. The summed E-state index contributed by atoms with van der Waals surface area (Å²) >= 11 is 4.60. The van der Waals surface area contributed by atoms with Crippen LogP contribution in [0.3, 0.4) is 0 Å². The minimum absolute atomic E-state index is 0.0304. The lowest BCUT2D eigenvalue weighted by molar-refractivity contribution is -0.173. The van der Waals surface area contributed by atoms with Gasteiger partial charge in [-0.15, -0.1) is 0 Å². The number of unbranched alkanes of at least 4 members (excludes halogenated alkanes) is 8. The number of ether oxygens (including phenoxy) is 1. The fourth-order valence-corrected chi connectivity index (χ4v) is 22.6. The van der Waals surface area contributed by atoms with Crippen LogP contribution in [0.4, 0.5) is 15.4 Å². The van der Waals surface area contributed by atoms with Crippen molar-refractivity contribution < 1.29 is 48.2 Å². The number of anilines is 3. The van der Waals surface area contributed by atoms with Gasteiger partial charge in [-0.3, -0.25) is 38.4 Å². The van der Waals surface area contributed by atoms with Gasteiger partial charge in [-0.1, -0.05) is 309 Å². The second-order valence-electron chi connectivity index (χ2n) is 42.3. The number of carbonyl (C=O) groups is 8. The van der Waals surface area contributed by atoms with Crippen LogP contribution in [0.1, 0.15) is 360 Å². The first kappa shape index (κ1) is 124. The van der Waals surface area contributed by atoms with E-state index in [1.54, 1.807) is 129 Å². The zero-order valence-corrected chi connectivity index (χ0v) is 97.6. The highest BCUT2D eigenvalue weighted by molar-refractivity contribution is 7.17. The molecule has 4 unspecified atom stereocenters. The van der Waals surface area contributed by atoms with Crippen LogP contribution in [-0.4, -0.2) is 170 Å². The molecule has 0 fully saturated rings. The molecule has 3 aromatic carbocycles. The summed E-state index contributed by atoms with van der Waals surface area (Å²) < 4.78 is 5.70. The molecular formula is C120H173N15O10S3. The second-order valence-corrected chi connectivity index (χ2v) is 45.3. The van der Waals surface area contributed by atoms with Gasteiger partial charge in [0.25, 0.3) is 35.4 Å². The molecule has 0 aliphatic carbocycles. The van der Waals surface area contributed by atoms with Crippen molar-refractivity contribution in [1.82, 2.24) is 45.0 Å². The summed E-state index contributed by atoms with van der Waals surface area (Å²) in [5.74, 6) is -1.97. The van der Waals surface area contributed by atoms with E-state index in [2.05, 4.69) is 170 Å². The maximum Gasteiger partial charge on any atom is 0.290 e. The Hall–Kier alpha value is -11.1. The summed E-state index contributed by atoms with van der Waals surface area (Å²) in [7, 11) is 2.96. The number of aromatic nitrogens is 3. The van der Waals surface area contributed by atoms with E-state index in [-0.39, 0.29) is 52.5 Å². The maximum atomic E-state index is 14.5. The molecule has 3 aromatic heterocycles. The normalized spacial score (nSPS) is 15.4. The summed E-state index contributed by atoms with van der Waals surface area (Å²) in [6.45, 7) is 62.6. The number of hydrazine groups is 3. The number of nitriles is 3. The number of aliphatic hydroxyl groups is 1. The largest absolute Gasteiger partial charge is 0.496 e. The lowest BCUT2D eigenvalue weighted by atomic mass is 9.93. The highest BCUT2D eigenvalue weighted by Gasteiger charge is 2.46. The van der Waals surface area contributed by atoms with Gasteiger partial charge < -0.3 is 24.5 Å². The molecule has 0 saturated carbocycles. The van der Waals surface area contributed by atoms with E-state index < -0.39 is 52.2 Å². The zero-order valence-electron chi connectivity index (χ0n) is 95.2. The van der Waals surface area contributed by atoms with Crippen molar-refractivity contribution in [3.05, 3.63) is 146 Å². The van der Waals surface area contributed by atoms with Crippen LogP contribution in [0, 0.1) is 110 Å². The molecule has 148 heavy (non-hydrogen) atoms. The number of hydrogen-bond donors (Lipinski definition) is 1. The van der Waals surface area contributed by atoms with Crippen molar-refractivity contribution in [2.75, 3.05) is 87.8 Å². The molecule has 3 aliphatic heterocycles. The number of aliphatic hydroxyl groups excluding tert-OH is 1. The van der Waals surface area contributed by atoms with Gasteiger partial charge in [0, 0.05) is 110 Å². The number of nitrogens with zero attached hydrogens (tertiary/aromatic N) is 15. The molecule has 0 radical (unpaired) electrons. The quantitative estimate of drug-likeness (QED) is 0.0274. The van der Waals surface area contributed by atoms with Gasteiger partial charge >= 0.3 is 0 Å². The molecule has 0 saturated heterocycles. The van der Waals surface area contributed by atoms with E-state index in [4.69, 9.17) is 19.7 Å². The number of hydrogen-bond acceptors (Lipinski definition) is 23. The fraction of sp³-hybridized carbons (Fsp3) is 0.583. The lowest BCUT2D eigenvalue weighted by Crippen LogP contribution is -2.57. The van der Waals surface area contributed by atoms with E-state index in [0.29, 0.717) is 80.9 Å². The molecule has 4 atom stereocenters. The van der Waals surface area contributed by atoms with E-state index in [1.165, 1.54) is 93.2 Å². The zero-order chi connectivity index (χ0) is 110. The van der Waals surface area contributed by atoms with E-state index in [0.717, 1.165) is 225 Å². The van der Waals surface area contributed by atoms with Gasteiger partial charge in [0.05, 0.1) is 45.4 Å². The SMILES string of the molecule is CCCCC(CC)CN(CC(CC)CCCC)c1nc(-c2c(C)cc(C)cc2C)c(/C=C2\C(=O)N(N(C)C(=O)C(C)(C)C)C(=O)C(C#N)=C2C)s1.CCCCC(CC)CN(CC(CC)CCCC)c1nc(-c2c(C)cc(C)cc2C)c(/C=C2\C(=O)N(N(CCCC)CCCC)C(=O)C(C#N)=C2C)s1.CCCCN(CCCC)c1nc(-c2c(CO)cccc2OC)c(/C=C2\C(=O)N(N(CC)C(=O)C(C)(C)C)C(=O)C(C#N)=C2C)s1. The lowest BCUT2D eigenvalue weighted by Gasteiger charge is -2.38. The van der Waals surface area contributed by atoms with Gasteiger partial charge in [0.1, 0.15) is 40.7 Å². The number of carbonyl (C=O) groups excluding carboxylic acids is 8. The number of thiazole rings is 3. The number of imide groups is 3. The summed E-state index contributed by atoms with van der Waals surface area (Å²) in [6.07, 6.45) is 31.6. The Bertz CT molecular complexity index is 5820. The van der Waals surface area contributed by atoms with Gasteiger partial charge in [0.2, 0.25) is 11.8 Å². The third-order valence-electron chi connectivity index (χ3n) is 28.4. The predicted octanol–water partition coefficient (Wildman–Crippen LogP) is 27.5. The van der Waals surface area contributed by atoms with Crippen molar-refractivity contribution >= 4 is 115 Å². The first-order valence-corrected chi connectivity index (χ1v) is 57.1. The Morgan fingerprint density at radius 2 is 0.723 bits per heavy atom. The van der Waals surface area contributed by atoms with E-state index in [9.17, 15) is 59.2 Å². The molecular weight excluding hydrogens is 1910 g/mol. The van der Waals surface area contributed by atoms with Gasteiger partial charge in [-0.25, -0.2) is 35.0 Å². The molecule has 0 spiro atoms. The number of benzene rings is 3. The van der Waals surface area contributed by atoms with E-state index >= 15 is 0 Å². The Morgan fingerprint density at radius 1 is 0.419 bits per heavy atom. The van der Waals surface area contributed by atoms with E-state index in [1.807, 2.05) is 23.2 Å². The number of aryl methyl sites for hydroxylation is 6. The average Bonchev–Trinajstić information content (AvgIpc) is 1.78. The van der Waals surface area contributed by atoms with Crippen LogP contribution in [0.15, 0.2) is 92.6 Å². The first-order chi connectivity index (χ1) is 70.4. The summed E-state index contributed by atoms with van der Waals surface area (Å²) in [4.78, 5) is 136. The standard InChI is InChI=1S/C44H67N5O2S.C42H61N5O3S.C34H45N5O5S/c1-11-17-21-35(15-5)29-47(30-36(16-6)22-18-12-2)44-46-41(40-32(8)25-31(7)26-33(40)9)39(52-44)27-37-34(10)38(28-45)43(51)49(42(37)50)48(23-19-13-3)24-20-14-4;1-13-17-19-31(15-3)25-46(26-32(16-4)20-18-14-2)41-44-37(36-28(6)21-27(5)22-29(36)7)35(51-41)23-33-30(8)34(24-43)39(49)47(38(33)48)45(12)40(50)42(9,10)11;1-9-12-17-37(18-13-10-2)33-36-29(28-23(21-40)15-14-16-26(28)44-8)27(45-33)19-24-22(4)25(20-35)31(42)39(30(24)41)38(11-3)32(43)34(5,6)7/h25-27,35-36H,11-24,29-30H2,1-10H3;21-23,31-32H,13-20,25-26H2,1-12H3;14-16,19,40H,9-13,17-18,21H2,1-8H3/b37-27-;33-23-;24-19-. The number of rotatable bonds is 51. The van der Waals surface area contributed by atoms with Crippen LogP contribution >= 0.6 is 34.0 Å². The van der Waals surface area contributed by atoms with Crippen molar-refractivity contribution in [2.24, 2.45) is 34.5 Å². The number of amides is 8. The maximum absolute atomic E-state index is 14.5. The van der Waals surface area contributed by atoms with Crippen LogP contribution in [0.2, 0.25) is 0 Å². The Kier molecular flexibility index (Phi) is 49.3. The molecule has 6 aromatic rings. The molecule has 25 nitrogen and oxygen atoms in total. The van der Waals surface area contributed by atoms with Crippen molar-refractivity contribution in [1.29, 1.82) is 15.8 Å². The molecule has 6 heterocycles. The summed E-state index contributed by atoms with van der Waals surface area (Å²) in [5.41, 5.74) is 11.9. The minimum atomic E-state index is -0.881. The third-order valence-corrected chi connectivity index (χ3v) is 31.6. The topological polar surface area (TPSA) is 305 Å². The highest BCUT2D eigenvalue weighted by atomic mass is 32.1. The van der Waals surface area contributed by atoms with Gasteiger partial charge in [-0.2, -0.15) is 25.8 Å². The first-order valence-electron chi connectivity index (χ1n) is 54.6. The van der Waals surface area contributed by atoms with Crippen molar-refractivity contribution in [3.8, 4) is 57.7 Å². The molecule has 0 bridgehead atoms. The van der Waals surface area contributed by atoms with Gasteiger partial charge in [-0.05, 0) is 213 Å². The van der Waals surface area contributed by atoms with Crippen LogP contribution in [-0.2, 0) is 45.0 Å². The highest BCUT2D eigenvalue weighted by Crippen LogP contribution is 2.47. The Balaban J connectivity index is 0.000000301. The Morgan fingerprint density at radius 3 is 1.03 bits per heavy atom. The molecule has 806 valence electrons. The minimum Gasteiger partial charge on any atom is -0.496 e. The average molecular weight is 2080 g/mol. The molecule has 28 heteroatoms. The van der Waals surface area contributed by atoms with Crippen LogP contribution in [0.25, 0.3) is 52.0 Å². The molecule has 8 amide bonds. The van der Waals surface area contributed by atoms with Crippen LogP contribution < -0.4 is 19.4 Å². The van der Waals surface area contributed by atoms with Crippen LogP contribution in [0.5, 0.6) is 5.75 Å². The fourth-order valence-electron chi connectivity index (χ4n) is 19.5. The van der Waals surface area contributed by atoms with Crippen molar-refractivity contribution in [2.45, 2.75) is 355 Å². The Labute approximate surface area is 898 Å². The third kappa shape index (κ3) is 31.1. The smallest absolute Gasteiger partial charge is 0.290 e. The second kappa shape index (κ2) is 58.9.